The van der Waals surface area contributed by atoms with Gasteiger partial charge in [-0.25, -0.2) is 0 Å². The lowest BCUT2D eigenvalue weighted by molar-refractivity contribution is 0.660. The van der Waals surface area contributed by atoms with Gasteiger partial charge in [0, 0.05) is 38.9 Å². The van der Waals surface area contributed by atoms with Crippen LogP contribution in [0, 0.1) is 0 Å². The highest BCUT2D eigenvalue weighted by atomic mass is 15.1. The van der Waals surface area contributed by atoms with Crippen LogP contribution in [0.1, 0.15) is 25.0 Å². The molecule has 308 valence electrons. The molecule has 0 saturated heterocycles. The molecule has 1 aliphatic rings. The van der Waals surface area contributed by atoms with E-state index in [1.165, 1.54) is 88.6 Å². The molecular weight excluding hydrogens is 785 g/mol. The largest absolute Gasteiger partial charge is 0.310 e. The van der Waals surface area contributed by atoms with Crippen LogP contribution in [-0.2, 0) is 5.41 Å². The van der Waals surface area contributed by atoms with E-state index in [1.807, 2.05) is 0 Å². The molecule has 1 aliphatic carbocycles. The number of aromatic nitrogens is 1. The van der Waals surface area contributed by atoms with E-state index >= 15 is 0 Å². The van der Waals surface area contributed by atoms with Crippen LogP contribution < -0.4 is 4.90 Å². The summed E-state index contributed by atoms with van der Waals surface area (Å²) in [5, 5.41) is 2.52. The predicted molar refractivity (Wildman–Crippen MR) is 275 cm³/mol. The monoisotopic (exact) mass is 830 g/mol. The molecule has 65 heavy (non-hydrogen) atoms. The Labute approximate surface area is 381 Å². The minimum atomic E-state index is -0.133. The lowest BCUT2D eigenvalue weighted by Gasteiger charge is -2.29. The van der Waals surface area contributed by atoms with E-state index in [9.17, 15) is 0 Å². The highest BCUT2D eigenvalue weighted by Gasteiger charge is 2.35. The summed E-state index contributed by atoms with van der Waals surface area (Å²) in [5.74, 6) is 0. The van der Waals surface area contributed by atoms with Gasteiger partial charge < -0.3 is 9.47 Å². The van der Waals surface area contributed by atoms with Gasteiger partial charge >= 0.3 is 0 Å². The van der Waals surface area contributed by atoms with Gasteiger partial charge in [0.1, 0.15) is 0 Å². The van der Waals surface area contributed by atoms with Gasteiger partial charge in [0.05, 0.1) is 11.0 Å². The standard InChI is InChI=1S/C63H46N2/c1-63(2)59-27-14-12-25-55(59)56-36-34-53(42-60(56)63)64(54-39-49(43-17-6-3-7-18-43)38-50(40-54)44-19-8-4-9-20-44)52-32-29-45(30-33-52)46-21-16-22-47(37-46)48-31-35-58-57-26-13-15-28-61(57)65(62(58)41-48)51-23-10-5-11-24-51/h3-42H,1-2H3. The second-order valence-electron chi connectivity index (χ2n) is 17.8. The van der Waals surface area contributed by atoms with Crippen LogP contribution in [0.15, 0.2) is 243 Å². The smallest absolute Gasteiger partial charge is 0.0547 e. The third-order valence-electron chi connectivity index (χ3n) is 13.6. The van der Waals surface area contributed by atoms with Crippen LogP contribution in [-0.4, -0.2) is 4.57 Å². The Morgan fingerprint density at radius 2 is 0.815 bits per heavy atom. The topological polar surface area (TPSA) is 8.17 Å². The minimum absolute atomic E-state index is 0.133. The summed E-state index contributed by atoms with van der Waals surface area (Å²) in [6.45, 7) is 4.72. The Morgan fingerprint density at radius 3 is 1.54 bits per heavy atom. The lowest BCUT2D eigenvalue weighted by atomic mass is 9.82. The highest BCUT2D eigenvalue weighted by Crippen LogP contribution is 2.51. The summed E-state index contributed by atoms with van der Waals surface area (Å²) in [7, 11) is 0. The second-order valence-corrected chi connectivity index (χ2v) is 17.8. The first kappa shape index (κ1) is 38.5. The summed E-state index contributed by atoms with van der Waals surface area (Å²) in [6.07, 6.45) is 0. The van der Waals surface area contributed by atoms with Crippen LogP contribution in [0.5, 0.6) is 0 Å². The molecule has 0 radical (unpaired) electrons. The van der Waals surface area contributed by atoms with E-state index in [1.54, 1.807) is 0 Å². The number of hydrogen-bond donors (Lipinski definition) is 0. The van der Waals surface area contributed by atoms with Crippen molar-refractivity contribution in [2.45, 2.75) is 19.3 Å². The SMILES string of the molecule is CC1(C)c2ccccc2-c2ccc(N(c3ccc(-c4cccc(-c5ccc6c7ccccc7n(-c7ccccc7)c6c5)c4)cc3)c3cc(-c4ccccc4)cc(-c4ccccc4)c3)cc21. The molecule has 1 heterocycles. The number of fused-ring (bicyclic) bond motifs is 6. The normalized spacial score (nSPS) is 12.6. The van der Waals surface area contributed by atoms with Gasteiger partial charge in [0.15, 0.2) is 0 Å². The molecule has 0 fully saturated rings. The fourth-order valence-electron chi connectivity index (χ4n) is 10.3. The average molecular weight is 831 g/mol. The van der Waals surface area contributed by atoms with Crippen molar-refractivity contribution >= 4 is 38.9 Å². The van der Waals surface area contributed by atoms with Crippen molar-refractivity contribution in [2.24, 2.45) is 0 Å². The summed E-state index contributed by atoms with van der Waals surface area (Å²) in [5.41, 5.74) is 21.6. The lowest BCUT2D eigenvalue weighted by Crippen LogP contribution is -2.16. The van der Waals surface area contributed by atoms with E-state index < -0.39 is 0 Å². The molecule has 0 atom stereocenters. The average Bonchev–Trinajstić information content (AvgIpc) is 3.82. The Bertz CT molecular complexity index is 3490. The Morgan fingerprint density at radius 1 is 0.308 bits per heavy atom. The molecule has 0 N–H and O–H groups in total. The molecule has 0 saturated carbocycles. The molecule has 0 bridgehead atoms. The van der Waals surface area contributed by atoms with E-state index in [0.717, 1.165) is 22.7 Å². The van der Waals surface area contributed by atoms with E-state index in [0.29, 0.717) is 0 Å². The number of rotatable bonds is 8. The van der Waals surface area contributed by atoms with Gasteiger partial charge in [-0.1, -0.05) is 184 Å². The molecule has 2 heteroatoms. The van der Waals surface area contributed by atoms with Crippen molar-refractivity contribution in [3.05, 3.63) is 254 Å². The number of para-hydroxylation sites is 2. The van der Waals surface area contributed by atoms with E-state index in [4.69, 9.17) is 0 Å². The zero-order valence-electron chi connectivity index (χ0n) is 36.5. The summed E-state index contributed by atoms with van der Waals surface area (Å²) >= 11 is 0. The molecule has 0 spiro atoms. The van der Waals surface area contributed by atoms with Crippen LogP contribution in [0.4, 0.5) is 17.1 Å². The van der Waals surface area contributed by atoms with E-state index in [2.05, 4.69) is 266 Å². The Hall–Kier alpha value is -8.20. The van der Waals surface area contributed by atoms with Gasteiger partial charge in [0.2, 0.25) is 0 Å². The van der Waals surface area contributed by atoms with Crippen molar-refractivity contribution in [1.82, 2.24) is 4.57 Å². The van der Waals surface area contributed by atoms with Crippen molar-refractivity contribution in [1.29, 1.82) is 0 Å². The van der Waals surface area contributed by atoms with Crippen molar-refractivity contribution < 1.29 is 0 Å². The fourth-order valence-corrected chi connectivity index (χ4v) is 10.3. The first-order valence-electron chi connectivity index (χ1n) is 22.6. The quantitative estimate of drug-likeness (QED) is 0.148. The molecule has 1 aromatic heterocycles. The second kappa shape index (κ2) is 15.6. The van der Waals surface area contributed by atoms with Crippen LogP contribution in [0.25, 0.3) is 83.1 Å². The molecular formula is C63H46N2. The maximum Gasteiger partial charge on any atom is 0.0547 e. The van der Waals surface area contributed by atoms with Gasteiger partial charge in [-0.15, -0.1) is 0 Å². The number of benzene rings is 10. The van der Waals surface area contributed by atoms with Gasteiger partial charge in [0.25, 0.3) is 0 Å². The molecule has 2 nitrogen and oxygen atoms in total. The first-order valence-corrected chi connectivity index (χ1v) is 22.6. The van der Waals surface area contributed by atoms with E-state index in [-0.39, 0.29) is 5.41 Å². The fraction of sp³-hybridized carbons (Fsp3) is 0.0476. The van der Waals surface area contributed by atoms with Crippen LogP contribution in [0.2, 0.25) is 0 Å². The molecule has 0 amide bonds. The molecule has 0 aliphatic heterocycles. The highest BCUT2D eigenvalue weighted by molar-refractivity contribution is 6.10. The molecule has 11 aromatic rings. The molecule has 12 rings (SSSR count). The Kier molecular flexibility index (Phi) is 9.21. The summed E-state index contributed by atoms with van der Waals surface area (Å²) in [4.78, 5) is 2.44. The molecule has 10 aromatic carbocycles. The van der Waals surface area contributed by atoms with Gasteiger partial charge in [-0.05, 0) is 140 Å². The zero-order valence-corrected chi connectivity index (χ0v) is 36.5. The number of anilines is 3. The van der Waals surface area contributed by atoms with Crippen molar-refractivity contribution in [3.63, 3.8) is 0 Å². The predicted octanol–water partition coefficient (Wildman–Crippen LogP) is 17.2. The summed E-state index contributed by atoms with van der Waals surface area (Å²) in [6, 6.07) is 88.9. The van der Waals surface area contributed by atoms with Crippen LogP contribution in [0.3, 0.4) is 0 Å². The maximum atomic E-state index is 2.44. The van der Waals surface area contributed by atoms with Crippen molar-refractivity contribution in [2.75, 3.05) is 4.90 Å². The minimum Gasteiger partial charge on any atom is -0.310 e. The van der Waals surface area contributed by atoms with Gasteiger partial charge in [-0.3, -0.25) is 0 Å². The third-order valence-corrected chi connectivity index (χ3v) is 13.6. The first-order chi connectivity index (χ1) is 32.0. The van der Waals surface area contributed by atoms with Crippen LogP contribution >= 0.6 is 0 Å². The molecule has 0 unspecified atom stereocenters. The van der Waals surface area contributed by atoms with Crippen molar-refractivity contribution in [3.8, 4) is 61.3 Å². The third kappa shape index (κ3) is 6.65. The Balaban J connectivity index is 0.972. The number of nitrogens with zero attached hydrogens (tertiary/aromatic N) is 2. The zero-order chi connectivity index (χ0) is 43.5. The summed E-state index contributed by atoms with van der Waals surface area (Å²) < 4.78 is 2.39. The van der Waals surface area contributed by atoms with Gasteiger partial charge in [-0.2, -0.15) is 0 Å². The number of hydrogen-bond acceptors (Lipinski definition) is 1. The maximum absolute atomic E-state index is 2.44.